The Hall–Kier alpha value is -2.17. The Morgan fingerprint density at radius 2 is 2.28 bits per heavy atom. The van der Waals surface area contributed by atoms with Crippen LogP contribution in [0, 0.1) is 5.92 Å². The zero-order valence-electron chi connectivity index (χ0n) is 10.5. The lowest BCUT2D eigenvalue weighted by molar-refractivity contribution is 0.102. The Morgan fingerprint density at radius 1 is 1.44 bits per heavy atom. The highest BCUT2D eigenvalue weighted by atomic mass is 16.1. The molecule has 0 unspecified atom stereocenters. The van der Waals surface area contributed by atoms with Gasteiger partial charge < -0.3 is 4.57 Å². The molecular weight excluding hydrogens is 228 g/mol. The molecule has 0 spiro atoms. The van der Waals surface area contributed by atoms with Crippen LogP contribution in [0.4, 0.5) is 5.95 Å². The van der Waals surface area contributed by atoms with Crippen molar-refractivity contribution >= 4 is 11.9 Å². The fourth-order valence-electron chi connectivity index (χ4n) is 1.64. The number of hydrogen-bond acceptors (Lipinski definition) is 3. The van der Waals surface area contributed by atoms with Crippen molar-refractivity contribution in [2.75, 3.05) is 5.32 Å². The summed E-state index contributed by atoms with van der Waals surface area (Å²) in [5.41, 5.74) is 0.525. The topological polar surface area (TPSA) is 59.8 Å². The van der Waals surface area contributed by atoms with Crippen molar-refractivity contribution in [3.63, 3.8) is 0 Å². The number of imidazole rings is 1. The molecule has 2 aromatic rings. The number of amides is 1. The second-order valence-electron chi connectivity index (χ2n) is 4.49. The van der Waals surface area contributed by atoms with Crippen LogP contribution in [-0.4, -0.2) is 20.4 Å². The maximum atomic E-state index is 11.9. The lowest BCUT2D eigenvalue weighted by atomic mass is 10.2. The average molecular weight is 244 g/mol. The first-order valence-corrected chi connectivity index (χ1v) is 5.89. The molecule has 5 nitrogen and oxygen atoms in total. The monoisotopic (exact) mass is 244 g/mol. The maximum Gasteiger partial charge on any atom is 0.259 e. The van der Waals surface area contributed by atoms with Crippen molar-refractivity contribution in [2.24, 2.45) is 5.92 Å². The van der Waals surface area contributed by atoms with Gasteiger partial charge in [-0.05, 0) is 18.1 Å². The van der Waals surface area contributed by atoms with E-state index in [2.05, 4.69) is 29.1 Å². The summed E-state index contributed by atoms with van der Waals surface area (Å²) in [6.07, 6.45) is 6.71. The first kappa shape index (κ1) is 12.3. The molecule has 18 heavy (non-hydrogen) atoms. The van der Waals surface area contributed by atoms with E-state index in [-0.39, 0.29) is 5.91 Å². The first-order valence-electron chi connectivity index (χ1n) is 5.89. The van der Waals surface area contributed by atoms with Crippen molar-refractivity contribution < 1.29 is 4.79 Å². The number of nitrogens with one attached hydrogen (secondary N) is 1. The minimum atomic E-state index is -0.195. The Balaban J connectivity index is 2.10. The number of anilines is 1. The van der Waals surface area contributed by atoms with E-state index in [9.17, 15) is 4.79 Å². The molecule has 0 bridgehead atoms. The van der Waals surface area contributed by atoms with E-state index in [1.54, 1.807) is 24.5 Å². The Morgan fingerprint density at radius 3 is 2.94 bits per heavy atom. The molecule has 0 saturated carbocycles. The third-order valence-corrected chi connectivity index (χ3v) is 2.43. The number of aromatic nitrogens is 3. The SMILES string of the molecule is CC(C)Cn1ccnc1NC(=O)c1cccnc1. The van der Waals surface area contributed by atoms with Crippen LogP contribution in [0.25, 0.3) is 0 Å². The summed E-state index contributed by atoms with van der Waals surface area (Å²) in [7, 11) is 0. The summed E-state index contributed by atoms with van der Waals surface area (Å²) in [6, 6.07) is 3.45. The quantitative estimate of drug-likeness (QED) is 0.896. The van der Waals surface area contributed by atoms with E-state index in [0.717, 1.165) is 6.54 Å². The number of carbonyl (C=O) groups is 1. The molecular formula is C13H16N4O. The van der Waals surface area contributed by atoms with Gasteiger partial charge in [0.25, 0.3) is 5.91 Å². The second-order valence-corrected chi connectivity index (χ2v) is 4.49. The van der Waals surface area contributed by atoms with E-state index in [1.807, 2.05) is 10.8 Å². The highest BCUT2D eigenvalue weighted by Crippen LogP contribution is 2.09. The molecule has 94 valence electrons. The van der Waals surface area contributed by atoms with Crippen molar-refractivity contribution in [3.8, 4) is 0 Å². The van der Waals surface area contributed by atoms with Gasteiger partial charge in [0.05, 0.1) is 5.56 Å². The molecule has 0 fully saturated rings. The highest BCUT2D eigenvalue weighted by Gasteiger charge is 2.10. The molecule has 2 heterocycles. The van der Waals surface area contributed by atoms with Gasteiger partial charge in [-0.1, -0.05) is 13.8 Å². The second kappa shape index (κ2) is 5.44. The van der Waals surface area contributed by atoms with Crippen LogP contribution in [0.5, 0.6) is 0 Å². The van der Waals surface area contributed by atoms with E-state index in [0.29, 0.717) is 17.4 Å². The summed E-state index contributed by atoms with van der Waals surface area (Å²) in [5.74, 6) is 0.866. The summed E-state index contributed by atoms with van der Waals surface area (Å²) in [5, 5.41) is 2.79. The van der Waals surface area contributed by atoms with Gasteiger partial charge in [0.2, 0.25) is 5.95 Å². The number of carbonyl (C=O) groups excluding carboxylic acids is 1. The van der Waals surface area contributed by atoms with Crippen LogP contribution in [0.1, 0.15) is 24.2 Å². The minimum absolute atomic E-state index is 0.195. The van der Waals surface area contributed by atoms with Crippen LogP contribution >= 0.6 is 0 Å². The third kappa shape index (κ3) is 2.94. The van der Waals surface area contributed by atoms with Gasteiger partial charge in [0.15, 0.2) is 0 Å². The number of nitrogens with zero attached hydrogens (tertiary/aromatic N) is 3. The Labute approximate surface area is 106 Å². The predicted octanol–water partition coefficient (Wildman–Crippen LogP) is 2.19. The van der Waals surface area contributed by atoms with Crippen molar-refractivity contribution in [3.05, 3.63) is 42.5 Å². The summed E-state index contributed by atoms with van der Waals surface area (Å²) < 4.78 is 1.93. The van der Waals surface area contributed by atoms with Crippen LogP contribution in [-0.2, 0) is 6.54 Å². The van der Waals surface area contributed by atoms with Gasteiger partial charge >= 0.3 is 0 Å². The zero-order valence-corrected chi connectivity index (χ0v) is 10.5. The summed E-state index contributed by atoms with van der Waals surface area (Å²) in [4.78, 5) is 20.0. The molecule has 1 amide bonds. The molecule has 0 aliphatic heterocycles. The average Bonchev–Trinajstić information content (AvgIpc) is 2.77. The van der Waals surface area contributed by atoms with E-state index < -0.39 is 0 Å². The smallest absolute Gasteiger partial charge is 0.259 e. The summed E-state index contributed by atoms with van der Waals surface area (Å²) in [6.45, 7) is 5.06. The van der Waals surface area contributed by atoms with Crippen molar-refractivity contribution in [2.45, 2.75) is 20.4 Å². The summed E-state index contributed by atoms with van der Waals surface area (Å²) >= 11 is 0. The van der Waals surface area contributed by atoms with Crippen LogP contribution < -0.4 is 5.32 Å². The van der Waals surface area contributed by atoms with Gasteiger partial charge in [-0.2, -0.15) is 0 Å². The molecule has 0 aliphatic rings. The molecule has 0 saturated heterocycles. The van der Waals surface area contributed by atoms with Gasteiger partial charge in [-0.15, -0.1) is 0 Å². The van der Waals surface area contributed by atoms with Gasteiger partial charge in [0.1, 0.15) is 0 Å². The van der Waals surface area contributed by atoms with Crippen molar-refractivity contribution in [1.82, 2.24) is 14.5 Å². The number of pyridine rings is 1. The molecule has 5 heteroatoms. The lowest BCUT2D eigenvalue weighted by Crippen LogP contribution is -2.17. The van der Waals surface area contributed by atoms with Gasteiger partial charge in [-0.3, -0.25) is 15.1 Å². The lowest BCUT2D eigenvalue weighted by Gasteiger charge is -2.10. The Bertz CT molecular complexity index is 519. The zero-order chi connectivity index (χ0) is 13.0. The van der Waals surface area contributed by atoms with Gasteiger partial charge in [-0.25, -0.2) is 4.98 Å². The molecule has 0 radical (unpaired) electrons. The molecule has 0 aliphatic carbocycles. The highest BCUT2D eigenvalue weighted by molar-refractivity contribution is 6.03. The minimum Gasteiger partial charge on any atom is -0.317 e. The largest absolute Gasteiger partial charge is 0.317 e. The van der Waals surface area contributed by atoms with Crippen molar-refractivity contribution in [1.29, 1.82) is 0 Å². The van der Waals surface area contributed by atoms with Crippen LogP contribution in [0.3, 0.4) is 0 Å². The fraction of sp³-hybridized carbons (Fsp3) is 0.308. The van der Waals surface area contributed by atoms with E-state index in [4.69, 9.17) is 0 Å². The number of rotatable bonds is 4. The van der Waals surface area contributed by atoms with Crippen LogP contribution in [0.2, 0.25) is 0 Å². The first-order chi connectivity index (χ1) is 8.66. The molecule has 0 atom stereocenters. The van der Waals surface area contributed by atoms with Crippen LogP contribution in [0.15, 0.2) is 36.9 Å². The molecule has 1 N–H and O–H groups in total. The molecule has 0 aromatic carbocycles. The number of hydrogen-bond donors (Lipinski definition) is 1. The maximum absolute atomic E-state index is 11.9. The fourth-order valence-corrected chi connectivity index (χ4v) is 1.64. The molecule has 2 rings (SSSR count). The standard InChI is InChI=1S/C13H16N4O/c1-10(2)9-17-7-6-15-13(17)16-12(18)11-4-3-5-14-8-11/h3-8,10H,9H2,1-2H3,(H,15,16,18). The van der Waals surface area contributed by atoms with E-state index >= 15 is 0 Å². The third-order valence-electron chi connectivity index (χ3n) is 2.43. The van der Waals surface area contributed by atoms with Gasteiger partial charge in [0, 0.05) is 31.3 Å². The normalized spacial score (nSPS) is 10.6. The molecule has 2 aromatic heterocycles. The van der Waals surface area contributed by atoms with E-state index in [1.165, 1.54) is 6.20 Å². The predicted molar refractivity (Wildman–Crippen MR) is 69.3 cm³/mol. The Kier molecular flexibility index (Phi) is 3.72.